The van der Waals surface area contributed by atoms with Crippen molar-refractivity contribution in [1.29, 1.82) is 0 Å². The van der Waals surface area contributed by atoms with Crippen LogP contribution in [0.2, 0.25) is 0 Å². The SMILES string of the molecule is CS(=O)(=O)N1CCN(c2ccc(-n3nnc4cc(F)c(O)c(F)c43)cc2)[C@H](Cc2ccccc2)C1. The van der Waals surface area contributed by atoms with Gasteiger partial charge in [0.15, 0.2) is 17.4 Å². The van der Waals surface area contributed by atoms with Gasteiger partial charge in [0.1, 0.15) is 11.0 Å². The standard InChI is InChI=1S/C24H23F2N5O3S/c1-35(33,34)29-11-12-30(19(15-29)13-16-5-3-2-4-6-16)17-7-9-18(10-8-17)31-23-21(27-28-31)14-20(25)24(32)22(23)26/h2-10,14,19,32H,11-13,15H2,1H3/t19-/m1/s1. The first-order chi connectivity index (χ1) is 16.7. The summed E-state index contributed by atoms with van der Waals surface area (Å²) in [5, 5.41) is 17.4. The van der Waals surface area contributed by atoms with Gasteiger partial charge in [-0.3, -0.25) is 0 Å². The van der Waals surface area contributed by atoms with Crippen LogP contribution in [0, 0.1) is 11.6 Å². The van der Waals surface area contributed by atoms with Crippen molar-refractivity contribution in [2.75, 3.05) is 30.8 Å². The minimum absolute atomic E-state index is 0.0123. The number of piperazine rings is 1. The molecule has 0 radical (unpaired) electrons. The second-order valence-electron chi connectivity index (χ2n) is 8.56. The highest BCUT2D eigenvalue weighted by Crippen LogP contribution is 2.30. The number of hydrogen-bond acceptors (Lipinski definition) is 6. The molecule has 0 spiro atoms. The number of anilines is 1. The molecule has 1 aliphatic rings. The van der Waals surface area contributed by atoms with E-state index in [1.807, 2.05) is 42.5 Å². The summed E-state index contributed by atoms with van der Waals surface area (Å²) in [5.74, 6) is -3.31. The van der Waals surface area contributed by atoms with E-state index < -0.39 is 27.4 Å². The van der Waals surface area contributed by atoms with E-state index in [-0.39, 0.29) is 17.1 Å². The Morgan fingerprint density at radius 1 is 1.03 bits per heavy atom. The van der Waals surface area contributed by atoms with E-state index in [2.05, 4.69) is 15.2 Å². The number of sulfonamides is 1. The van der Waals surface area contributed by atoms with Gasteiger partial charge in [-0.2, -0.15) is 4.31 Å². The predicted octanol–water partition coefficient (Wildman–Crippen LogP) is 3.10. The highest BCUT2D eigenvalue weighted by Gasteiger charge is 2.31. The van der Waals surface area contributed by atoms with Gasteiger partial charge in [-0.25, -0.2) is 21.9 Å². The van der Waals surface area contributed by atoms with Crippen molar-refractivity contribution in [2.24, 2.45) is 0 Å². The molecule has 1 N–H and O–H groups in total. The van der Waals surface area contributed by atoms with Gasteiger partial charge in [0.2, 0.25) is 10.0 Å². The van der Waals surface area contributed by atoms with Crippen molar-refractivity contribution >= 4 is 26.7 Å². The summed E-state index contributed by atoms with van der Waals surface area (Å²) in [4.78, 5) is 2.17. The highest BCUT2D eigenvalue weighted by molar-refractivity contribution is 7.88. The van der Waals surface area contributed by atoms with Crippen LogP contribution in [0.4, 0.5) is 14.5 Å². The van der Waals surface area contributed by atoms with Crippen LogP contribution in [0.5, 0.6) is 5.75 Å². The molecule has 4 aromatic rings. The largest absolute Gasteiger partial charge is 0.503 e. The molecular formula is C24H23F2N5O3S. The second kappa shape index (κ2) is 8.90. The Morgan fingerprint density at radius 2 is 1.71 bits per heavy atom. The zero-order valence-electron chi connectivity index (χ0n) is 18.8. The summed E-state index contributed by atoms with van der Waals surface area (Å²) in [7, 11) is -3.32. The molecule has 1 aromatic heterocycles. The van der Waals surface area contributed by atoms with Gasteiger partial charge in [0.25, 0.3) is 0 Å². The molecule has 0 saturated carbocycles. The number of nitrogens with zero attached hydrogens (tertiary/aromatic N) is 5. The number of aromatic nitrogens is 3. The minimum atomic E-state index is -3.32. The van der Waals surface area contributed by atoms with Crippen molar-refractivity contribution in [3.05, 3.63) is 77.9 Å². The third-order valence-corrected chi connectivity index (χ3v) is 7.53. The van der Waals surface area contributed by atoms with Crippen LogP contribution in [-0.4, -0.2) is 64.8 Å². The summed E-state index contributed by atoms with van der Waals surface area (Å²) >= 11 is 0. The first-order valence-electron chi connectivity index (χ1n) is 11.0. The van der Waals surface area contributed by atoms with Crippen LogP contribution in [-0.2, 0) is 16.4 Å². The fourth-order valence-corrected chi connectivity index (χ4v) is 5.35. The van der Waals surface area contributed by atoms with E-state index in [9.17, 15) is 22.3 Å². The molecule has 8 nitrogen and oxygen atoms in total. The van der Waals surface area contributed by atoms with Crippen molar-refractivity contribution in [1.82, 2.24) is 19.3 Å². The van der Waals surface area contributed by atoms with Crippen molar-refractivity contribution < 1.29 is 22.3 Å². The predicted molar refractivity (Wildman–Crippen MR) is 128 cm³/mol. The lowest BCUT2D eigenvalue weighted by Gasteiger charge is -2.42. The summed E-state index contributed by atoms with van der Waals surface area (Å²) in [6, 6.07) is 17.9. The number of benzene rings is 3. The topological polar surface area (TPSA) is 91.6 Å². The molecule has 182 valence electrons. The van der Waals surface area contributed by atoms with Crippen LogP contribution in [0.3, 0.4) is 0 Å². The lowest BCUT2D eigenvalue weighted by Crippen LogP contribution is -2.55. The molecule has 1 fully saturated rings. The molecule has 2 heterocycles. The quantitative estimate of drug-likeness (QED) is 0.454. The smallest absolute Gasteiger partial charge is 0.211 e. The minimum Gasteiger partial charge on any atom is -0.503 e. The third kappa shape index (κ3) is 4.44. The van der Waals surface area contributed by atoms with Crippen LogP contribution in [0.1, 0.15) is 5.56 Å². The Hall–Kier alpha value is -3.57. The Balaban J connectivity index is 1.46. The molecule has 5 rings (SSSR count). The molecule has 35 heavy (non-hydrogen) atoms. The van der Waals surface area contributed by atoms with Crippen LogP contribution in [0.15, 0.2) is 60.7 Å². The third-order valence-electron chi connectivity index (χ3n) is 6.26. The van der Waals surface area contributed by atoms with Gasteiger partial charge in [-0.1, -0.05) is 35.5 Å². The average molecular weight is 500 g/mol. The highest BCUT2D eigenvalue weighted by atomic mass is 32.2. The molecule has 1 saturated heterocycles. The normalized spacial score (nSPS) is 17.2. The van der Waals surface area contributed by atoms with Crippen LogP contribution in [0.25, 0.3) is 16.7 Å². The number of phenols is 1. The Labute approximate surface area is 201 Å². The molecule has 0 aliphatic carbocycles. The van der Waals surface area contributed by atoms with E-state index in [4.69, 9.17) is 0 Å². The van der Waals surface area contributed by atoms with E-state index in [1.54, 1.807) is 12.1 Å². The molecule has 0 amide bonds. The number of halogens is 2. The van der Waals surface area contributed by atoms with Gasteiger partial charge < -0.3 is 10.0 Å². The molecule has 3 aromatic carbocycles. The average Bonchev–Trinajstić information content (AvgIpc) is 3.26. The summed E-state index contributed by atoms with van der Waals surface area (Å²) in [6.07, 6.45) is 1.89. The van der Waals surface area contributed by atoms with Crippen LogP contribution < -0.4 is 4.90 Å². The lowest BCUT2D eigenvalue weighted by molar-refractivity contribution is 0.332. The molecule has 1 aliphatic heterocycles. The molecule has 11 heteroatoms. The second-order valence-corrected chi connectivity index (χ2v) is 10.5. The number of phenolic OH excluding ortho intramolecular Hbond substituents is 1. The Kier molecular flexibility index (Phi) is 5.89. The number of fused-ring (bicyclic) bond motifs is 1. The molecular weight excluding hydrogens is 476 g/mol. The number of rotatable bonds is 5. The Bertz CT molecular complexity index is 1480. The zero-order valence-corrected chi connectivity index (χ0v) is 19.7. The lowest BCUT2D eigenvalue weighted by atomic mass is 10.0. The van der Waals surface area contributed by atoms with E-state index in [1.165, 1.54) is 15.2 Å². The maximum absolute atomic E-state index is 14.5. The number of hydrogen-bond donors (Lipinski definition) is 1. The van der Waals surface area contributed by atoms with Crippen molar-refractivity contribution in [3.8, 4) is 11.4 Å². The summed E-state index contributed by atoms with van der Waals surface area (Å²) in [6.45, 7) is 1.24. The summed E-state index contributed by atoms with van der Waals surface area (Å²) in [5.41, 5.74) is 2.32. The Morgan fingerprint density at radius 3 is 2.40 bits per heavy atom. The van der Waals surface area contributed by atoms with E-state index in [0.717, 1.165) is 17.3 Å². The first kappa shape index (κ1) is 23.2. The van der Waals surface area contributed by atoms with Crippen molar-refractivity contribution in [3.63, 3.8) is 0 Å². The fourth-order valence-electron chi connectivity index (χ4n) is 4.50. The fraction of sp³-hybridized carbons (Fsp3) is 0.250. The summed E-state index contributed by atoms with van der Waals surface area (Å²) < 4.78 is 55.3. The van der Waals surface area contributed by atoms with Gasteiger partial charge >= 0.3 is 0 Å². The van der Waals surface area contributed by atoms with Gasteiger partial charge in [0, 0.05) is 37.4 Å². The van der Waals surface area contributed by atoms with Gasteiger partial charge in [-0.05, 0) is 36.2 Å². The molecule has 0 bridgehead atoms. The zero-order chi connectivity index (χ0) is 24.7. The number of aromatic hydroxyl groups is 1. The maximum atomic E-state index is 14.5. The van der Waals surface area contributed by atoms with Crippen LogP contribution >= 0.6 is 0 Å². The maximum Gasteiger partial charge on any atom is 0.211 e. The molecule has 0 unspecified atom stereocenters. The van der Waals surface area contributed by atoms with Gasteiger partial charge in [-0.15, -0.1) is 5.10 Å². The van der Waals surface area contributed by atoms with E-state index >= 15 is 0 Å². The van der Waals surface area contributed by atoms with Crippen molar-refractivity contribution in [2.45, 2.75) is 12.5 Å². The monoisotopic (exact) mass is 499 g/mol. The van der Waals surface area contributed by atoms with Gasteiger partial charge in [0.05, 0.1) is 11.9 Å². The van der Waals surface area contributed by atoms with E-state index in [0.29, 0.717) is 31.7 Å². The molecule has 1 atom stereocenters. The first-order valence-corrected chi connectivity index (χ1v) is 12.9.